The fourth-order valence-corrected chi connectivity index (χ4v) is 4.13. The number of piperazine rings is 1. The number of aromatic nitrogens is 2. The van der Waals surface area contributed by atoms with Gasteiger partial charge in [-0.3, -0.25) is 4.90 Å². The Balaban J connectivity index is 1.31. The van der Waals surface area contributed by atoms with E-state index in [0.29, 0.717) is 26.2 Å². The van der Waals surface area contributed by atoms with E-state index in [9.17, 15) is 4.79 Å². The van der Waals surface area contributed by atoms with Gasteiger partial charge in [0.2, 0.25) is 0 Å². The van der Waals surface area contributed by atoms with Gasteiger partial charge in [0.25, 0.3) is 0 Å². The van der Waals surface area contributed by atoms with Crippen LogP contribution in [-0.2, 0) is 13.1 Å². The van der Waals surface area contributed by atoms with Gasteiger partial charge in [-0.05, 0) is 44.8 Å². The Labute approximate surface area is 202 Å². The number of carbonyl (C=O) groups excluding carboxylic acids is 1. The molecule has 8 nitrogen and oxygen atoms in total. The predicted octanol–water partition coefficient (Wildman–Crippen LogP) is 3.02. The van der Waals surface area contributed by atoms with Gasteiger partial charge in [0.15, 0.2) is 0 Å². The van der Waals surface area contributed by atoms with Crippen LogP contribution in [0.4, 0.5) is 10.6 Å². The summed E-state index contributed by atoms with van der Waals surface area (Å²) < 4.78 is 0. The van der Waals surface area contributed by atoms with Crippen molar-refractivity contribution >= 4 is 22.8 Å². The molecule has 0 unspecified atom stereocenters. The highest BCUT2D eigenvalue weighted by molar-refractivity contribution is 5.88. The number of nitrogens with zero attached hydrogens (tertiary/aromatic N) is 5. The second-order valence-corrected chi connectivity index (χ2v) is 9.00. The summed E-state index contributed by atoms with van der Waals surface area (Å²) >= 11 is 0. The molecule has 0 aliphatic carbocycles. The topological polar surface area (TPSA) is 76.6 Å². The average molecular weight is 462 g/mol. The lowest BCUT2D eigenvalue weighted by molar-refractivity contribution is 0.133. The van der Waals surface area contributed by atoms with Crippen molar-refractivity contribution in [1.82, 2.24) is 30.0 Å². The largest absolute Gasteiger partial charge is 0.369 e. The van der Waals surface area contributed by atoms with Crippen molar-refractivity contribution in [2.75, 3.05) is 58.7 Å². The lowest BCUT2D eigenvalue weighted by atomic mass is 10.2. The summed E-state index contributed by atoms with van der Waals surface area (Å²) in [6, 6.07) is 18.1. The first kappa shape index (κ1) is 23.9. The van der Waals surface area contributed by atoms with Gasteiger partial charge < -0.3 is 20.4 Å². The van der Waals surface area contributed by atoms with Crippen LogP contribution in [0.25, 0.3) is 10.9 Å². The van der Waals surface area contributed by atoms with E-state index < -0.39 is 0 Å². The van der Waals surface area contributed by atoms with Crippen LogP contribution in [0.15, 0.2) is 54.6 Å². The van der Waals surface area contributed by atoms with Crippen molar-refractivity contribution in [3.8, 4) is 0 Å². The number of nitrogens with one attached hydrogen (secondary N) is 2. The Bertz CT molecular complexity index is 1070. The summed E-state index contributed by atoms with van der Waals surface area (Å²) in [5, 5.41) is 7.59. The molecule has 1 aliphatic rings. The fraction of sp³-hybridized carbons (Fsp3) is 0.423. The number of amides is 2. The van der Waals surface area contributed by atoms with Crippen LogP contribution in [0.1, 0.15) is 17.8 Å². The fourth-order valence-electron chi connectivity index (χ4n) is 4.13. The Morgan fingerprint density at radius 3 is 2.47 bits per heavy atom. The minimum Gasteiger partial charge on any atom is -0.369 e. The molecule has 0 radical (unpaired) electrons. The molecular weight excluding hydrogens is 426 g/mol. The number of rotatable bonds is 9. The lowest BCUT2D eigenvalue weighted by Gasteiger charge is -2.34. The van der Waals surface area contributed by atoms with E-state index in [1.54, 1.807) is 0 Å². The van der Waals surface area contributed by atoms with Gasteiger partial charge in [0, 0.05) is 44.7 Å². The number of para-hydroxylation sites is 1. The first-order valence-corrected chi connectivity index (χ1v) is 12.0. The number of fused-ring (bicyclic) bond motifs is 1. The number of hydrogen-bond acceptors (Lipinski definition) is 6. The zero-order chi connectivity index (χ0) is 23.8. The van der Waals surface area contributed by atoms with E-state index in [4.69, 9.17) is 9.97 Å². The van der Waals surface area contributed by atoms with Gasteiger partial charge in [-0.25, -0.2) is 14.8 Å². The molecule has 0 saturated carbocycles. The maximum Gasteiger partial charge on any atom is 0.317 e. The minimum atomic E-state index is -0.00494. The molecule has 0 atom stereocenters. The third kappa shape index (κ3) is 6.65. The van der Waals surface area contributed by atoms with Crippen molar-refractivity contribution in [3.63, 3.8) is 0 Å². The van der Waals surface area contributed by atoms with Gasteiger partial charge in [-0.2, -0.15) is 0 Å². The third-order valence-corrected chi connectivity index (χ3v) is 6.04. The molecule has 0 bridgehead atoms. The van der Waals surface area contributed by atoms with E-state index in [-0.39, 0.29) is 6.03 Å². The molecule has 2 N–H and O–H groups in total. The molecule has 1 aliphatic heterocycles. The predicted molar refractivity (Wildman–Crippen MR) is 137 cm³/mol. The van der Waals surface area contributed by atoms with Crippen molar-refractivity contribution in [2.24, 2.45) is 0 Å². The first-order chi connectivity index (χ1) is 16.6. The van der Waals surface area contributed by atoms with Gasteiger partial charge in [-0.15, -0.1) is 0 Å². The highest BCUT2D eigenvalue weighted by atomic mass is 16.2. The van der Waals surface area contributed by atoms with Gasteiger partial charge in [0.1, 0.15) is 11.6 Å². The molecule has 2 aromatic carbocycles. The van der Waals surface area contributed by atoms with E-state index >= 15 is 0 Å². The first-order valence-electron chi connectivity index (χ1n) is 12.0. The number of benzene rings is 2. The molecule has 2 amide bonds. The van der Waals surface area contributed by atoms with Crippen molar-refractivity contribution in [2.45, 2.75) is 19.5 Å². The SMILES string of the molecule is CN(C)CCCNc1nc(CN2CCN(C(=O)NCc3ccccc3)CC2)nc2ccccc12. The number of hydrogen-bond donors (Lipinski definition) is 2. The zero-order valence-corrected chi connectivity index (χ0v) is 20.2. The Morgan fingerprint density at radius 1 is 0.971 bits per heavy atom. The Morgan fingerprint density at radius 2 is 1.71 bits per heavy atom. The van der Waals surface area contributed by atoms with E-state index in [1.807, 2.05) is 53.4 Å². The normalized spacial score (nSPS) is 14.5. The third-order valence-electron chi connectivity index (χ3n) is 6.04. The Hall–Kier alpha value is -3.23. The van der Waals surface area contributed by atoms with Crippen molar-refractivity contribution in [3.05, 3.63) is 66.0 Å². The zero-order valence-electron chi connectivity index (χ0n) is 20.2. The van der Waals surface area contributed by atoms with E-state index in [0.717, 1.165) is 60.7 Å². The van der Waals surface area contributed by atoms with E-state index in [1.165, 1.54) is 0 Å². The lowest BCUT2D eigenvalue weighted by Crippen LogP contribution is -2.51. The van der Waals surface area contributed by atoms with Crippen LogP contribution in [0.2, 0.25) is 0 Å². The van der Waals surface area contributed by atoms with Crippen LogP contribution in [0.5, 0.6) is 0 Å². The summed E-state index contributed by atoms with van der Waals surface area (Å²) in [5.74, 6) is 1.72. The van der Waals surface area contributed by atoms with Crippen LogP contribution >= 0.6 is 0 Å². The molecule has 1 fully saturated rings. The molecule has 0 spiro atoms. The highest BCUT2D eigenvalue weighted by Gasteiger charge is 2.22. The van der Waals surface area contributed by atoms with Crippen LogP contribution in [0, 0.1) is 0 Å². The summed E-state index contributed by atoms with van der Waals surface area (Å²) in [6.07, 6.45) is 1.05. The second-order valence-electron chi connectivity index (χ2n) is 9.00. The number of urea groups is 1. The molecule has 2 heterocycles. The molecule has 8 heteroatoms. The summed E-state index contributed by atoms with van der Waals surface area (Å²) in [4.78, 5) is 28.6. The number of anilines is 1. The second kappa shape index (κ2) is 11.8. The van der Waals surface area contributed by atoms with Gasteiger partial charge >= 0.3 is 6.03 Å². The molecule has 1 aromatic heterocycles. The molecular formula is C26H35N7O. The van der Waals surface area contributed by atoms with Crippen LogP contribution in [0.3, 0.4) is 0 Å². The van der Waals surface area contributed by atoms with Crippen molar-refractivity contribution in [1.29, 1.82) is 0 Å². The minimum absolute atomic E-state index is 0.00494. The molecule has 180 valence electrons. The molecule has 1 saturated heterocycles. The highest BCUT2D eigenvalue weighted by Crippen LogP contribution is 2.21. The Kier molecular flexibility index (Phi) is 8.27. The summed E-state index contributed by atoms with van der Waals surface area (Å²) in [7, 11) is 4.18. The number of carbonyl (C=O) groups is 1. The smallest absolute Gasteiger partial charge is 0.317 e. The van der Waals surface area contributed by atoms with Crippen molar-refractivity contribution < 1.29 is 4.79 Å². The van der Waals surface area contributed by atoms with E-state index in [2.05, 4.69) is 40.6 Å². The molecule has 3 aromatic rings. The maximum absolute atomic E-state index is 12.6. The maximum atomic E-state index is 12.6. The monoisotopic (exact) mass is 461 g/mol. The summed E-state index contributed by atoms with van der Waals surface area (Å²) in [6.45, 7) is 6.14. The average Bonchev–Trinajstić information content (AvgIpc) is 2.86. The van der Waals surface area contributed by atoms with Gasteiger partial charge in [-0.1, -0.05) is 42.5 Å². The summed E-state index contributed by atoms with van der Waals surface area (Å²) in [5.41, 5.74) is 2.07. The molecule has 4 rings (SSSR count). The molecule has 34 heavy (non-hydrogen) atoms. The quantitative estimate of drug-likeness (QED) is 0.477. The van der Waals surface area contributed by atoms with Crippen LogP contribution < -0.4 is 10.6 Å². The van der Waals surface area contributed by atoms with Gasteiger partial charge in [0.05, 0.1) is 12.1 Å². The van der Waals surface area contributed by atoms with Crippen LogP contribution in [-0.4, -0.2) is 84.1 Å². The standard InChI is InChI=1S/C26H35N7O/c1-31(2)14-8-13-27-25-22-11-6-7-12-23(22)29-24(30-25)20-32-15-17-33(18-16-32)26(34)28-19-21-9-4-3-5-10-21/h3-7,9-12H,8,13-20H2,1-2H3,(H,28,34)(H,27,29,30).